The molecule has 0 saturated heterocycles. The van der Waals surface area contributed by atoms with Crippen LogP contribution in [0.3, 0.4) is 0 Å². The Morgan fingerprint density at radius 3 is 2.52 bits per heavy atom. The second kappa shape index (κ2) is 8.60. The zero-order valence-corrected chi connectivity index (χ0v) is 13.9. The molecular formula is C14H16INO5. The first kappa shape index (κ1) is 17.4. The van der Waals surface area contributed by atoms with Gasteiger partial charge >= 0.3 is 11.9 Å². The summed E-state index contributed by atoms with van der Waals surface area (Å²) in [6.45, 7) is 0. The van der Waals surface area contributed by atoms with E-state index in [1.54, 1.807) is 18.2 Å². The van der Waals surface area contributed by atoms with Crippen molar-refractivity contribution in [1.29, 1.82) is 0 Å². The van der Waals surface area contributed by atoms with Crippen LogP contribution in [0.5, 0.6) is 0 Å². The highest BCUT2D eigenvalue weighted by molar-refractivity contribution is 14.1. The maximum Gasteiger partial charge on any atom is 0.328 e. The Bertz CT molecular complexity index is 532. The quantitative estimate of drug-likeness (QED) is 0.574. The van der Waals surface area contributed by atoms with E-state index in [4.69, 9.17) is 0 Å². The third kappa shape index (κ3) is 5.70. The van der Waals surface area contributed by atoms with Gasteiger partial charge in [0.1, 0.15) is 6.04 Å². The predicted molar refractivity (Wildman–Crippen MR) is 83.7 cm³/mol. The van der Waals surface area contributed by atoms with E-state index in [0.29, 0.717) is 5.56 Å². The van der Waals surface area contributed by atoms with E-state index in [-0.39, 0.29) is 12.8 Å². The van der Waals surface area contributed by atoms with E-state index in [1.165, 1.54) is 14.2 Å². The van der Waals surface area contributed by atoms with Gasteiger partial charge in [0.25, 0.3) is 5.91 Å². The van der Waals surface area contributed by atoms with Crippen molar-refractivity contribution in [3.63, 3.8) is 0 Å². The number of amides is 1. The van der Waals surface area contributed by atoms with Crippen LogP contribution in [0.2, 0.25) is 0 Å². The molecule has 0 aromatic heterocycles. The van der Waals surface area contributed by atoms with Gasteiger partial charge in [0.2, 0.25) is 0 Å². The third-order valence-corrected chi connectivity index (χ3v) is 3.41. The molecular weight excluding hydrogens is 389 g/mol. The minimum Gasteiger partial charge on any atom is -0.469 e. The zero-order chi connectivity index (χ0) is 15.8. The highest BCUT2D eigenvalue weighted by Crippen LogP contribution is 2.09. The molecule has 0 bridgehead atoms. The molecule has 1 atom stereocenters. The van der Waals surface area contributed by atoms with Crippen molar-refractivity contribution < 1.29 is 23.9 Å². The Kier molecular flexibility index (Phi) is 7.13. The molecule has 0 spiro atoms. The number of carbonyl (C=O) groups excluding carboxylic acids is 3. The predicted octanol–water partition coefficient (Wildman–Crippen LogP) is 1.52. The van der Waals surface area contributed by atoms with Crippen LogP contribution in [0, 0.1) is 3.57 Å². The lowest BCUT2D eigenvalue weighted by Gasteiger charge is -2.16. The Balaban J connectivity index is 2.73. The molecule has 1 amide bonds. The number of hydrogen-bond donors (Lipinski definition) is 1. The molecule has 0 aliphatic heterocycles. The van der Waals surface area contributed by atoms with Crippen LogP contribution < -0.4 is 5.32 Å². The monoisotopic (exact) mass is 405 g/mol. The van der Waals surface area contributed by atoms with Crippen molar-refractivity contribution in [3.8, 4) is 0 Å². The van der Waals surface area contributed by atoms with Gasteiger partial charge in [0.05, 0.1) is 14.2 Å². The van der Waals surface area contributed by atoms with Crippen molar-refractivity contribution in [3.05, 3.63) is 33.4 Å². The van der Waals surface area contributed by atoms with Crippen LogP contribution in [0.4, 0.5) is 0 Å². The first-order valence-corrected chi connectivity index (χ1v) is 7.27. The molecule has 114 valence electrons. The smallest absolute Gasteiger partial charge is 0.328 e. The molecule has 1 aromatic carbocycles. The van der Waals surface area contributed by atoms with Crippen LogP contribution in [0.25, 0.3) is 0 Å². The normalized spacial score (nSPS) is 11.4. The number of carbonyl (C=O) groups is 3. The average Bonchev–Trinajstić information content (AvgIpc) is 2.49. The lowest BCUT2D eigenvalue weighted by atomic mass is 10.1. The lowest BCUT2D eigenvalue weighted by Crippen LogP contribution is -2.41. The SMILES string of the molecule is COC(=O)CC[C@H](NC(=O)c1cccc(I)c1)C(=O)OC. The fraction of sp³-hybridized carbons (Fsp3) is 0.357. The summed E-state index contributed by atoms with van der Waals surface area (Å²) in [5, 5.41) is 2.57. The topological polar surface area (TPSA) is 81.7 Å². The van der Waals surface area contributed by atoms with Gasteiger partial charge in [0, 0.05) is 15.6 Å². The molecule has 1 aromatic rings. The summed E-state index contributed by atoms with van der Waals surface area (Å²) < 4.78 is 10.1. The molecule has 0 heterocycles. The maximum absolute atomic E-state index is 12.1. The molecule has 21 heavy (non-hydrogen) atoms. The lowest BCUT2D eigenvalue weighted by molar-refractivity contribution is -0.144. The van der Waals surface area contributed by atoms with Crippen molar-refractivity contribution >= 4 is 40.4 Å². The van der Waals surface area contributed by atoms with Gasteiger partial charge in [-0.3, -0.25) is 9.59 Å². The van der Waals surface area contributed by atoms with Crippen molar-refractivity contribution in [2.75, 3.05) is 14.2 Å². The number of ether oxygens (including phenoxy) is 2. The van der Waals surface area contributed by atoms with Crippen LogP contribution in [0.1, 0.15) is 23.2 Å². The molecule has 1 rings (SSSR count). The Morgan fingerprint density at radius 2 is 1.95 bits per heavy atom. The summed E-state index contributed by atoms with van der Waals surface area (Å²) in [4.78, 5) is 34.9. The van der Waals surface area contributed by atoms with E-state index < -0.39 is 23.9 Å². The molecule has 0 unspecified atom stereocenters. The summed E-state index contributed by atoms with van der Waals surface area (Å²) in [7, 11) is 2.49. The number of rotatable bonds is 6. The highest BCUT2D eigenvalue weighted by atomic mass is 127. The molecule has 0 aliphatic carbocycles. The van der Waals surface area contributed by atoms with Gasteiger partial charge in [-0.15, -0.1) is 0 Å². The summed E-state index contributed by atoms with van der Waals surface area (Å²) in [5.74, 6) is -1.45. The van der Waals surface area contributed by atoms with Gasteiger partial charge in [-0.05, 0) is 47.2 Å². The molecule has 7 heteroatoms. The number of hydrogen-bond acceptors (Lipinski definition) is 5. The summed E-state index contributed by atoms with van der Waals surface area (Å²) in [6, 6.07) is 6.06. The number of methoxy groups -OCH3 is 2. The van der Waals surface area contributed by atoms with Gasteiger partial charge in [-0.25, -0.2) is 4.79 Å². The molecule has 0 saturated carbocycles. The molecule has 0 fully saturated rings. The maximum atomic E-state index is 12.1. The largest absolute Gasteiger partial charge is 0.469 e. The number of halogens is 1. The van der Waals surface area contributed by atoms with Crippen molar-refractivity contribution in [2.45, 2.75) is 18.9 Å². The van der Waals surface area contributed by atoms with Gasteiger partial charge in [0.15, 0.2) is 0 Å². The van der Waals surface area contributed by atoms with Gasteiger partial charge in [-0.2, -0.15) is 0 Å². The van der Waals surface area contributed by atoms with Gasteiger partial charge < -0.3 is 14.8 Å². The van der Waals surface area contributed by atoms with Crippen LogP contribution in [-0.4, -0.2) is 38.1 Å². The fourth-order valence-electron chi connectivity index (χ4n) is 1.63. The van der Waals surface area contributed by atoms with E-state index in [1.807, 2.05) is 6.07 Å². The van der Waals surface area contributed by atoms with Crippen LogP contribution in [-0.2, 0) is 19.1 Å². The molecule has 0 aliphatic rings. The third-order valence-electron chi connectivity index (χ3n) is 2.74. The molecule has 0 radical (unpaired) electrons. The van der Waals surface area contributed by atoms with E-state index >= 15 is 0 Å². The first-order valence-electron chi connectivity index (χ1n) is 6.19. The molecule has 6 nitrogen and oxygen atoms in total. The summed E-state index contributed by atoms with van der Waals surface area (Å²) >= 11 is 2.09. The zero-order valence-electron chi connectivity index (χ0n) is 11.7. The second-order valence-electron chi connectivity index (χ2n) is 4.17. The number of benzene rings is 1. The van der Waals surface area contributed by atoms with E-state index in [2.05, 4.69) is 37.4 Å². The van der Waals surface area contributed by atoms with Crippen molar-refractivity contribution in [2.24, 2.45) is 0 Å². The second-order valence-corrected chi connectivity index (χ2v) is 5.42. The minimum absolute atomic E-state index is 0.0167. The Hall–Kier alpha value is -1.64. The van der Waals surface area contributed by atoms with E-state index in [0.717, 1.165) is 3.57 Å². The van der Waals surface area contributed by atoms with E-state index in [9.17, 15) is 14.4 Å². The summed E-state index contributed by atoms with van der Waals surface area (Å²) in [6.07, 6.45) is 0.137. The van der Waals surface area contributed by atoms with Gasteiger partial charge in [-0.1, -0.05) is 6.07 Å². The standard InChI is InChI=1S/C14H16INO5/c1-20-12(17)7-6-11(14(19)21-2)16-13(18)9-4-3-5-10(15)8-9/h3-5,8,11H,6-7H2,1-2H3,(H,16,18)/t11-/m0/s1. The molecule has 1 N–H and O–H groups in total. The van der Waals surface area contributed by atoms with Crippen LogP contribution in [0.15, 0.2) is 24.3 Å². The highest BCUT2D eigenvalue weighted by Gasteiger charge is 2.23. The van der Waals surface area contributed by atoms with Crippen molar-refractivity contribution in [1.82, 2.24) is 5.32 Å². The summed E-state index contributed by atoms with van der Waals surface area (Å²) in [5.41, 5.74) is 0.439. The number of esters is 2. The Morgan fingerprint density at radius 1 is 1.24 bits per heavy atom. The number of nitrogens with one attached hydrogen (secondary N) is 1. The Labute approximate surface area is 136 Å². The van der Waals surface area contributed by atoms with Crippen LogP contribution >= 0.6 is 22.6 Å². The fourth-order valence-corrected chi connectivity index (χ4v) is 2.17. The first-order chi connectivity index (χ1) is 9.97. The minimum atomic E-state index is -0.889. The average molecular weight is 405 g/mol.